The van der Waals surface area contributed by atoms with Gasteiger partial charge in [-0.25, -0.2) is 8.78 Å². The van der Waals surface area contributed by atoms with Gasteiger partial charge in [0.15, 0.2) is 11.6 Å². The number of rotatable bonds is 3. The molecular weight excluding hydrogens is 246 g/mol. The summed E-state index contributed by atoms with van der Waals surface area (Å²) in [6.07, 6.45) is 0. The van der Waals surface area contributed by atoms with E-state index in [9.17, 15) is 8.78 Å². The van der Waals surface area contributed by atoms with Crippen molar-refractivity contribution < 1.29 is 13.5 Å². The number of hydrogen-bond donors (Lipinski definition) is 0. The van der Waals surface area contributed by atoms with Crippen molar-refractivity contribution in [2.45, 2.75) is 6.61 Å². The van der Waals surface area contributed by atoms with E-state index < -0.39 is 11.6 Å². The number of halogens is 3. The minimum absolute atomic E-state index is 0.0553. The Bertz CT molecular complexity index is 514. The highest BCUT2D eigenvalue weighted by Crippen LogP contribution is 2.25. The summed E-state index contributed by atoms with van der Waals surface area (Å²) >= 11 is 5.55. The molecule has 2 rings (SSSR count). The van der Waals surface area contributed by atoms with E-state index in [0.717, 1.165) is 11.6 Å². The van der Waals surface area contributed by atoms with Gasteiger partial charge in [-0.05, 0) is 5.56 Å². The van der Waals surface area contributed by atoms with Crippen LogP contribution in [-0.2, 0) is 6.61 Å². The second-order valence-electron chi connectivity index (χ2n) is 3.47. The summed E-state index contributed by atoms with van der Waals surface area (Å²) in [7, 11) is 0. The highest BCUT2D eigenvalue weighted by atomic mass is 35.5. The third-order valence-electron chi connectivity index (χ3n) is 2.21. The van der Waals surface area contributed by atoms with Crippen molar-refractivity contribution in [3.05, 3.63) is 64.7 Å². The lowest BCUT2D eigenvalue weighted by molar-refractivity contribution is 0.289. The molecule has 0 aliphatic heterocycles. The molecule has 0 fully saturated rings. The fourth-order valence-electron chi connectivity index (χ4n) is 1.35. The number of benzene rings is 2. The summed E-state index contributed by atoms with van der Waals surface area (Å²) in [5.74, 6) is -1.61. The summed E-state index contributed by atoms with van der Waals surface area (Å²) < 4.78 is 31.4. The first-order valence-electron chi connectivity index (χ1n) is 4.98. The van der Waals surface area contributed by atoms with Gasteiger partial charge in [-0.15, -0.1) is 0 Å². The predicted molar refractivity (Wildman–Crippen MR) is 62.1 cm³/mol. The van der Waals surface area contributed by atoms with Crippen LogP contribution in [0.5, 0.6) is 5.75 Å². The lowest BCUT2D eigenvalue weighted by Gasteiger charge is -2.08. The molecule has 4 heteroatoms. The van der Waals surface area contributed by atoms with Gasteiger partial charge in [0.2, 0.25) is 0 Å². The molecule has 0 aliphatic rings. The van der Waals surface area contributed by atoms with E-state index in [1.54, 1.807) is 0 Å². The van der Waals surface area contributed by atoms with Crippen LogP contribution in [0.15, 0.2) is 42.5 Å². The molecule has 0 unspecified atom stereocenters. The van der Waals surface area contributed by atoms with Gasteiger partial charge in [0.25, 0.3) is 0 Å². The molecule has 2 aromatic carbocycles. The lowest BCUT2D eigenvalue weighted by Crippen LogP contribution is -1.98. The Morgan fingerprint density at radius 1 is 1.00 bits per heavy atom. The van der Waals surface area contributed by atoms with Crippen molar-refractivity contribution in [2.24, 2.45) is 0 Å². The highest BCUT2D eigenvalue weighted by molar-refractivity contribution is 6.30. The van der Waals surface area contributed by atoms with Crippen molar-refractivity contribution in [2.75, 3.05) is 0 Å². The van der Waals surface area contributed by atoms with Crippen molar-refractivity contribution in [3.8, 4) is 5.75 Å². The zero-order valence-corrected chi connectivity index (χ0v) is 9.55. The molecule has 0 spiro atoms. The molecule has 0 aromatic heterocycles. The van der Waals surface area contributed by atoms with Gasteiger partial charge in [-0.3, -0.25) is 0 Å². The molecular formula is C13H9ClF2O. The lowest BCUT2D eigenvalue weighted by atomic mass is 10.2. The topological polar surface area (TPSA) is 9.23 Å². The Labute approximate surface area is 103 Å². The Balaban J connectivity index is 2.12. The van der Waals surface area contributed by atoms with E-state index in [1.807, 2.05) is 30.3 Å². The number of ether oxygens (including phenoxy) is 1. The van der Waals surface area contributed by atoms with Crippen LogP contribution in [-0.4, -0.2) is 0 Å². The molecule has 0 radical (unpaired) electrons. The van der Waals surface area contributed by atoms with E-state index >= 15 is 0 Å². The van der Waals surface area contributed by atoms with Gasteiger partial charge in [-0.1, -0.05) is 41.9 Å². The van der Waals surface area contributed by atoms with E-state index in [-0.39, 0.29) is 17.4 Å². The molecule has 88 valence electrons. The second kappa shape index (κ2) is 5.15. The predicted octanol–water partition coefficient (Wildman–Crippen LogP) is 4.20. The van der Waals surface area contributed by atoms with Crippen molar-refractivity contribution >= 4 is 11.6 Å². The van der Waals surface area contributed by atoms with Crippen molar-refractivity contribution in [3.63, 3.8) is 0 Å². The normalized spacial score (nSPS) is 10.3. The van der Waals surface area contributed by atoms with Gasteiger partial charge in [0, 0.05) is 12.1 Å². The SMILES string of the molecule is Fc1cc(F)c(OCc2ccccc2)cc1Cl. The zero-order chi connectivity index (χ0) is 12.3. The van der Waals surface area contributed by atoms with Gasteiger partial charge >= 0.3 is 0 Å². The zero-order valence-electron chi connectivity index (χ0n) is 8.79. The average molecular weight is 255 g/mol. The van der Waals surface area contributed by atoms with Crippen LogP contribution >= 0.6 is 11.6 Å². The minimum atomic E-state index is -0.795. The maximum absolute atomic E-state index is 13.3. The quantitative estimate of drug-likeness (QED) is 0.746. The molecule has 1 nitrogen and oxygen atoms in total. The second-order valence-corrected chi connectivity index (χ2v) is 3.88. The van der Waals surface area contributed by atoms with Crippen molar-refractivity contribution in [1.82, 2.24) is 0 Å². The molecule has 0 N–H and O–H groups in total. The standard InChI is InChI=1S/C13H9ClF2O/c14-10-6-13(12(16)7-11(10)15)17-8-9-4-2-1-3-5-9/h1-7H,8H2. The van der Waals surface area contributed by atoms with Gasteiger partial charge in [0.05, 0.1) is 5.02 Å². The molecule has 0 amide bonds. The third kappa shape index (κ3) is 2.94. The molecule has 0 saturated carbocycles. The summed E-state index contributed by atoms with van der Waals surface area (Å²) in [6, 6.07) is 11.1. The molecule has 0 atom stereocenters. The first-order chi connectivity index (χ1) is 8.16. The number of hydrogen-bond acceptors (Lipinski definition) is 1. The molecule has 0 saturated heterocycles. The van der Waals surface area contributed by atoms with Crippen LogP contribution < -0.4 is 4.74 Å². The Hall–Kier alpha value is -1.61. The molecule has 0 bridgehead atoms. The minimum Gasteiger partial charge on any atom is -0.486 e. The van der Waals surface area contributed by atoms with E-state index in [0.29, 0.717) is 6.07 Å². The Morgan fingerprint density at radius 3 is 2.41 bits per heavy atom. The van der Waals surface area contributed by atoms with Crippen LogP contribution in [0.25, 0.3) is 0 Å². The van der Waals surface area contributed by atoms with Crippen LogP contribution in [0.1, 0.15) is 5.56 Å². The van der Waals surface area contributed by atoms with E-state index in [1.165, 1.54) is 0 Å². The average Bonchev–Trinajstić information content (AvgIpc) is 2.33. The molecule has 17 heavy (non-hydrogen) atoms. The summed E-state index contributed by atoms with van der Waals surface area (Å²) in [5.41, 5.74) is 0.896. The van der Waals surface area contributed by atoms with Crippen molar-refractivity contribution in [1.29, 1.82) is 0 Å². The van der Waals surface area contributed by atoms with E-state index in [4.69, 9.17) is 16.3 Å². The summed E-state index contributed by atoms with van der Waals surface area (Å²) in [6.45, 7) is 0.208. The van der Waals surface area contributed by atoms with Crippen LogP contribution in [0.3, 0.4) is 0 Å². The fraction of sp³-hybridized carbons (Fsp3) is 0.0769. The Morgan fingerprint density at radius 2 is 1.71 bits per heavy atom. The van der Waals surface area contributed by atoms with Crippen LogP contribution in [0, 0.1) is 11.6 Å². The first kappa shape index (κ1) is 11.9. The molecule has 2 aromatic rings. The van der Waals surface area contributed by atoms with Crippen LogP contribution in [0.2, 0.25) is 5.02 Å². The highest BCUT2D eigenvalue weighted by Gasteiger charge is 2.09. The third-order valence-corrected chi connectivity index (χ3v) is 2.50. The fourth-order valence-corrected chi connectivity index (χ4v) is 1.50. The smallest absolute Gasteiger partial charge is 0.168 e. The maximum Gasteiger partial charge on any atom is 0.168 e. The van der Waals surface area contributed by atoms with Gasteiger partial charge in [-0.2, -0.15) is 0 Å². The van der Waals surface area contributed by atoms with Crippen LogP contribution in [0.4, 0.5) is 8.78 Å². The summed E-state index contributed by atoms with van der Waals surface area (Å²) in [5, 5.41) is -0.158. The summed E-state index contributed by atoms with van der Waals surface area (Å²) in [4.78, 5) is 0. The van der Waals surface area contributed by atoms with Gasteiger partial charge < -0.3 is 4.74 Å². The Kier molecular flexibility index (Phi) is 3.59. The largest absolute Gasteiger partial charge is 0.486 e. The van der Waals surface area contributed by atoms with Gasteiger partial charge in [0.1, 0.15) is 12.4 Å². The monoisotopic (exact) mass is 254 g/mol. The first-order valence-corrected chi connectivity index (χ1v) is 5.36. The molecule has 0 aliphatic carbocycles. The molecule has 0 heterocycles. The maximum atomic E-state index is 13.3. The van der Waals surface area contributed by atoms with E-state index in [2.05, 4.69) is 0 Å².